The molecule has 0 saturated carbocycles. The van der Waals surface area contributed by atoms with E-state index in [1.54, 1.807) is 6.92 Å². The van der Waals surface area contributed by atoms with Gasteiger partial charge >= 0.3 is 0 Å². The normalized spacial score (nSPS) is 30.2. The lowest BCUT2D eigenvalue weighted by Gasteiger charge is -2.55. The zero-order valence-electron chi connectivity index (χ0n) is 15.8. The van der Waals surface area contributed by atoms with Crippen molar-refractivity contribution in [3.05, 3.63) is 12.2 Å². The summed E-state index contributed by atoms with van der Waals surface area (Å²) in [4.78, 5) is 12.7. The van der Waals surface area contributed by atoms with Gasteiger partial charge in [0, 0.05) is 7.11 Å². The summed E-state index contributed by atoms with van der Waals surface area (Å²) in [5.74, 6) is -1.60. The van der Waals surface area contributed by atoms with Gasteiger partial charge in [-0.2, -0.15) is 0 Å². The lowest BCUT2D eigenvalue weighted by molar-refractivity contribution is -0.369. The molecule has 0 bridgehead atoms. The molecule has 1 rings (SSSR count). The molecule has 0 spiro atoms. The van der Waals surface area contributed by atoms with Crippen LogP contribution < -0.4 is 0 Å². The molecule has 4 nitrogen and oxygen atoms in total. The molecular weight excluding hydrogens is 292 g/mol. The number of carbonyl (C=O) groups is 1. The standard InChI is InChI=1S/C19H34O4/c1-8-10-11-13-18(12-9-2)17(5,6)22-14-19(21-7,23-18)16(20)15(3)4/h3,8-14H2,1-2,4-7H3. The number of methoxy groups -OCH3 is 1. The molecule has 23 heavy (non-hydrogen) atoms. The molecule has 0 aromatic rings. The van der Waals surface area contributed by atoms with Gasteiger partial charge in [0.15, 0.2) is 0 Å². The van der Waals surface area contributed by atoms with Crippen molar-refractivity contribution in [3.63, 3.8) is 0 Å². The van der Waals surface area contributed by atoms with Gasteiger partial charge in [-0.05, 0) is 39.2 Å². The molecule has 0 aliphatic carbocycles. The highest BCUT2D eigenvalue weighted by Crippen LogP contribution is 2.46. The van der Waals surface area contributed by atoms with Gasteiger partial charge in [-0.3, -0.25) is 4.79 Å². The van der Waals surface area contributed by atoms with Crippen LogP contribution in [0.5, 0.6) is 0 Å². The Morgan fingerprint density at radius 3 is 2.30 bits per heavy atom. The molecule has 0 aromatic carbocycles. The Labute approximate surface area is 141 Å². The Balaban J connectivity index is 3.20. The third kappa shape index (κ3) is 4.04. The topological polar surface area (TPSA) is 44.8 Å². The maximum absolute atomic E-state index is 12.7. The second-order valence-corrected chi connectivity index (χ2v) is 7.17. The molecule has 134 valence electrons. The second kappa shape index (κ2) is 7.91. The van der Waals surface area contributed by atoms with Gasteiger partial charge < -0.3 is 14.2 Å². The lowest BCUT2D eigenvalue weighted by atomic mass is 9.76. The fourth-order valence-corrected chi connectivity index (χ4v) is 3.40. The minimum absolute atomic E-state index is 0.0986. The number of Topliss-reactive ketones (excluding diaryl/α,β-unsaturated/α-hetero) is 1. The van der Waals surface area contributed by atoms with Gasteiger partial charge in [-0.15, -0.1) is 0 Å². The minimum Gasteiger partial charge on any atom is -0.366 e. The summed E-state index contributed by atoms with van der Waals surface area (Å²) in [5.41, 5.74) is -0.571. The molecule has 0 radical (unpaired) electrons. The number of ketones is 1. The lowest BCUT2D eigenvalue weighted by Crippen LogP contribution is -2.67. The van der Waals surface area contributed by atoms with E-state index in [4.69, 9.17) is 14.2 Å². The molecule has 0 amide bonds. The highest BCUT2D eigenvalue weighted by molar-refractivity contribution is 6.00. The summed E-state index contributed by atoms with van der Waals surface area (Å²) in [7, 11) is 1.51. The Morgan fingerprint density at radius 2 is 1.83 bits per heavy atom. The zero-order chi connectivity index (χ0) is 17.7. The monoisotopic (exact) mass is 326 g/mol. The van der Waals surface area contributed by atoms with Crippen molar-refractivity contribution in [1.82, 2.24) is 0 Å². The largest absolute Gasteiger partial charge is 0.366 e. The van der Waals surface area contributed by atoms with E-state index < -0.39 is 17.0 Å². The summed E-state index contributed by atoms with van der Waals surface area (Å²) in [6.45, 7) is 14.0. The van der Waals surface area contributed by atoms with Crippen LogP contribution in [0.3, 0.4) is 0 Å². The van der Waals surface area contributed by atoms with E-state index in [1.807, 2.05) is 0 Å². The van der Waals surface area contributed by atoms with Crippen LogP contribution in [0.4, 0.5) is 0 Å². The highest BCUT2D eigenvalue weighted by Gasteiger charge is 2.59. The Morgan fingerprint density at radius 1 is 1.17 bits per heavy atom. The molecule has 2 unspecified atom stereocenters. The van der Waals surface area contributed by atoms with Crippen molar-refractivity contribution >= 4 is 5.78 Å². The molecule has 1 saturated heterocycles. The number of unbranched alkanes of at least 4 members (excludes halogenated alkanes) is 2. The van der Waals surface area contributed by atoms with Gasteiger partial charge in [0.25, 0.3) is 5.79 Å². The third-order valence-corrected chi connectivity index (χ3v) is 4.98. The quantitative estimate of drug-likeness (QED) is 0.465. The fraction of sp³-hybridized carbons (Fsp3) is 0.842. The van der Waals surface area contributed by atoms with E-state index in [1.165, 1.54) is 7.11 Å². The van der Waals surface area contributed by atoms with E-state index >= 15 is 0 Å². The van der Waals surface area contributed by atoms with Gasteiger partial charge in [0.05, 0.1) is 5.60 Å². The van der Waals surface area contributed by atoms with Crippen LogP contribution in [0.2, 0.25) is 0 Å². The summed E-state index contributed by atoms with van der Waals surface area (Å²) < 4.78 is 18.2. The van der Waals surface area contributed by atoms with Crippen LogP contribution in [0, 0.1) is 0 Å². The van der Waals surface area contributed by atoms with Gasteiger partial charge in [0.2, 0.25) is 5.78 Å². The number of rotatable bonds is 9. The zero-order valence-corrected chi connectivity index (χ0v) is 15.8. The van der Waals surface area contributed by atoms with E-state index in [-0.39, 0.29) is 12.4 Å². The summed E-state index contributed by atoms with van der Waals surface area (Å²) in [5, 5.41) is 0. The summed E-state index contributed by atoms with van der Waals surface area (Å²) in [6, 6.07) is 0. The first kappa shape index (κ1) is 20.3. The number of hydrogen-bond acceptors (Lipinski definition) is 4. The maximum Gasteiger partial charge on any atom is 0.258 e. The second-order valence-electron chi connectivity index (χ2n) is 7.17. The Bertz CT molecular complexity index is 429. The van der Waals surface area contributed by atoms with Crippen LogP contribution >= 0.6 is 0 Å². The molecule has 1 heterocycles. The van der Waals surface area contributed by atoms with Crippen LogP contribution in [0.25, 0.3) is 0 Å². The van der Waals surface area contributed by atoms with Crippen LogP contribution in [0.1, 0.15) is 73.1 Å². The molecule has 1 fully saturated rings. The number of carbonyl (C=O) groups excluding carboxylic acids is 1. The summed E-state index contributed by atoms with van der Waals surface area (Å²) >= 11 is 0. The van der Waals surface area contributed by atoms with Gasteiger partial charge in [-0.25, -0.2) is 0 Å². The first-order chi connectivity index (χ1) is 10.7. The van der Waals surface area contributed by atoms with Crippen molar-refractivity contribution in [2.75, 3.05) is 13.7 Å². The van der Waals surface area contributed by atoms with Crippen molar-refractivity contribution in [1.29, 1.82) is 0 Å². The third-order valence-electron chi connectivity index (χ3n) is 4.98. The van der Waals surface area contributed by atoms with Gasteiger partial charge in [0.1, 0.15) is 12.2 Å². The molecule has 1 aliphatic heterocycles. The predicted molar refractivity (Wildman–Crippen MR) is 92.5 cm³/mol. The van der Waals surface area contributed by atoms with E-state index in [2.05, 4.69) is 34.3 Å². The first-order valence-electron chi connectivity index (χ1n) is 8.80. The smallest absolute Gasteiger partial charge is 0.258 e. The van der Waals surface area contributed by atoms with E-state index in [0.29, 0.717) is 5.57 Å². The van der Waals surface area contributed by atoms with E-state index in [9.17, 15) is 4.79 Å². The predicted octanol–water partition coefficient (Wildman–Crippen LogP) is 4.42. The molecule has 2 atom stereocenters. The summed E-state index contributed by atoms with van der Waals surface area (Å²) in [6.07, 6.45) is 5.97. The number of ether oxygens (including phenoxy) is 3. The Kier molecular flexibility index (Phi) is 6.99. The van der Waals surface area contributed by atoms with Crippen molar-refractivity contribution < 1.29 is 19.0 Å². The average Bonchev–Trinajstić information content (AvgIpc) is 2.50. The van der Waals surface area contributed by atoms with Crippen molar-refractivity contribution in [2.45, 2.75) is 90.1 Å². The molecule has 4 heteroatoms. The van der Waals surface area contributed by atoms with E-state index in [0.717, 1.165) is 38.5 Å². The highest BCUT2D eigenvalue weighted by atomic mass is 16.7. The molecule has 0 aromatic heterocycles. The van der Waals surface area contributed by atoms with Gasteiger partial charge in [-0.1, -0.05) is 46.1 Å². The fourth-order valence-electron chi connectivity index (χ4n) is 3.40. The van der Waals surface area contributed by atoms with Crippen LogP contribution in [-0.2, 0) is 19.0 Å². The number of hydrogen-bond donors (Lipinski definition) is 0. The molecular formula is C19H34O4. The minimum atomic E-state index is -1.37. The van der Waals surface area contributed by atoms with Crippen LogP contribution in [0.15, 0.2) is 12.2 Å². The SMILES string of the molecule is C=C(C)C(=O)C1(OC)COC(C)(C)C(CCC)(CCCCC)O1. The molecule has 0 N–H and O–H groups in total. The molecule has 1 aliphatic rings. The average molecular weight is 326 g/mol. The Hall–Kier alpha value is -0.710. The van der Waals surface area contributed by atoms with Crippen molar-refractivity contribution in [3.8, 4) is 0 Å². The maximum atomic E-state index is 12.7. The van der Waals surface area contributed by atoms with Crippen molar-refractivity contribution in [2.24, 2.45) is 0 Å². The van der Waals surface area contributed by atoms with Crippen LogP contribution in [-0.4, -0.2) is 36.5 Å². The first-order valence-corrected chi connectivity index (χ1v) is 8.80.